The molecule has 1 heterocycles. The Morgan fingerprint density at radius 3 is 2.75 bits per heavy atom. The molecule has 1 atom stereocenters. The molecule has 0 aliphatic heterocycles. The molecule has 5 heteroatoms. The second-order valence-corrected chi connectivity index (χ2v) is 4.06. The predicted molar refractivity (Wildman–Crippen MR) is 64.1 cm³/mol. The minimum Gasteiger partial charge on any atom is -0.393 e. The third kappa shape index (κ3) is 2.20. The summed E-state index contributed by atoms with van der Waals surface area (Å²) in [4.78, 5) is 0. The van der Waals surface area contributed by atoms with Gasteiger partial charge in [-0.2, -0.15) is 5.10 Å². The first-order valence-electron chi connectivity index (χ1n) is 5.08. The number of nitrogens with one attached hydrogen (secondary N) is 1. The summed E-state index contributed by atoms with van der Waals surface area (Å²) in [6.07, 6.45) is 0.0369. The van der Waals surface area contributed by atoms with Crippen LogP contribution < -0.4 is 0 Å². The van der Waals surface area contributed by atoms with Crippen molar-refractivity contribution in [3.8, 4) is 5.69 Å². The fourth-order valence-electron chi connectivity index (χ4n) is 1.57. The number of nitrogens with zero attached hydrogens (tertiary/aromatic N) is 2. The largest absolute Gasteiger partial charge is 0.393 e. The highest BCUT2D eigenvalue weighted by molar-refractivity contribution is 7.71. The van der Waals surface area contributed by atoms with Crippen molar-refractivity contribution in [2.75, 3.05) is 0 Å². The highest BCUT2D eigenvalue weighted by atomic mass is 32.1. The standard InChI is InChI=1S/C11H13N3OS/c1-8(15)7-10-12-13-11(16)14(10)9-5-3-2-4-6-9/h2-6,8,15H,7H2,1H3,(H,13,16)/t8-/m0/s1. The zero-order valence-electron chi connectivity index (χ0n) is 8.92. The van der Waals surface area contributed by atoms with Crippen LogP contribution in [0, 0.1) is 4.77 Å². The molecule has 0 radical (unpaired) electrons. The SMILES string of the molecule is C[C@H](O)Cc1n[nH]c(=S)n1-c1ccccc1. The molecule has 0 saturated heterocycles. The molecule has 0 unspecified atom stereocenters. The molecule has 0 fully saturated rings. The van der Waals surface area contributed by atoms with E-state index in [2.05, 4.69) is 10.2 Å². The number of hydrogen-bond acceptors (Lipinski definition) is 3. The maximum absolute atomic E-state index is 9.39. The molecular weight excluding hydrogens is 222 g/mol. The number of hydrogen-bond donors (Lipinski definition) is 2. The summed E-state index contributed by atoms with van der Waals surface area (Å²) in [5.74, 6) is 0.742. The average Bonchev–Trinajstić information content (AvgIpc) is 2.60. The molecule has 1 aromatic heterocycles. The molecule has 2 N–H and O–H groups in total. The summed E-state index contributed by atoms with van der Waals surface area (Å²) in [5.41, 5.74) is 0.955. The van der Waals surface area contributed by atoms with Crippen LogP contribution >= 0.6 is 12.2 Å². The van der Waals surface area contributed by atoms with Crippen molar-refractivity contribution >= 4 is 12.2 Å². The number of aromatic amines is 1. The summed E-state index contributed by atoms with van der Waals surface area (Å²) in [7, 11) is 0. The smallest absolute Gasteiger partial charge is 0.199 e. The van der Waals surface area contributed by atoms with E-state index in [1.165, 1.54) is 0 Å². The van der Waals surface area contributed by atoms with Gasteiger partial charge >= 0.3 is 0 Å². The Labute approximate surface area is 98.6 Å². The quantitative estimate of drug-likeness (QED) is 0.798. The summed E-state index contributed by atoms with van der Waals surface area (Å²) >= 11 is 5.17. The fraction of sp³-hybridized carbons (Fsp3) is 0.273. The van der Waals surface area contributed by atoms with Gasteiger partial charge < -0.3 is 5.11 Å². The second kappa shape index (κ2) is 4.59. The number of benzene rings is 1. The normalized spacial score (nSPS) is 12.6. The molecular formula is C11H13N3OS. The van der Waals surface area contributed by atoms with E-state index in [-0.39, 0.29) is 0 Å². The lowest BCUT2D eigenvalue weighted by atomic mass is 10.2. The average molecular weight is 235 g/mol. The monoisotopic (exact) mass is 235 g/mol. The van der Waals surface area contributed by atoms with Crippen LogP contribution in [-0.2, 0) is 6.42 Å². The van der Waals surface area contributed by atoms with Crippen molar-refractivity contribution in [2.24, 2.45) is 0 Å². The van der Waals surface area contributed by atoms with Crippen LogP contribution in [0.5, 0.6) is 0 Å². The van der Waals surface area contributed by atoms with Gasteiger partial charge in [0.2, 0.25) is 0 Å². The summed E-state index contributed by atoms with van der Waals surface area (Å²) < 4.78 is 2.38. The number of rotatable bonds is 3. The van der Waals surface area contributed by atoms with Crippen molar-refractivity contribution < 1.29 is 5.11 Å². The van der Waals surface area contributed by atoms with Crippen LogP contribution in [-0.4, -0.2) is 26.0 Å². The Hall–Kier alpha value is -1.46. The molecule has 0 spiro atoms. The Bertz CT molecular complexity index is 516. The number of aliphatic hydroxyl groups is 1. The van der Waals surface area contributed by atoms with Gasteiger partial charge in [-0.25, -0.2) is 0 Å². The van der Waals surface area contributed by atoms with E-state index in [0.717, 1.165) is 11.5 Å². The minimum absolute atomic E-state index is 0.437. The topological polar surface area (TPSA) is 53.8 Å². The highest BCUT2D eigenvalue weighted by Crippen LogP contribution is 2.11. The van der Waals surface area contributed by atoms with Crippen LogP contribution in [0.2, 0.25) is 0 Å². The highest BCUT2D eigenvalue weighted by Gasteiger charge is 2.09. The number of aliphatic hydroxyl groups excluding tert-OH is 1. The van der Waals surface area contributed by atoms with Crippen molar-refractivity contribution in [3.05, 3.63) is 40.9 Å². The molecule has 4 nitrogen and oxygen atoms in total. The molecule has 0 aliphatic rings. The molecule has 0 aliphatic carbocycles. The van der Waals surface area contributed by atoms with Gasteiger partial charge in [0, 0.05) is 12.1 Å². The van der Waals surface area contributed by atoms with Crippen LogP contribution in [0.3, 0.4) is 0 Å². The van der Waals surface area contributed by atoms with Gasteiger partial charge in [-0.05, 0) is 31.3 Å². The van der Waals surface area contributed by atoms with Crippen LogP contribution in [0.1, 0.15) is 12.7 Å². The number of aromatic nitrogens is 3. The van der Waals surface area contributed by atoms with Gasteiger partial charge in [0.1, 0.15) is 5.82 Å². The Morgan fingerprint density at radius 1 is 1.44 bits per heavy atom. The van der Waals surface area contributed by atoms with E-state index in [1.807, 2.05) is 34.9 Å². The molecule has 0 amide bonds. The predicted octanol–water partition coefficient (Wildman–Crippen LogP) is 1.85. The molecule has 16 heavy (non-hydrogen) atoms. The van der Waals surface area contributed by atoms with Crippen molar-refractivity contribution in [3.63, 3.8) is 0 Å². The summed E-state index contributed by atoms with van der Waals surface area (Å²) in [6.45, 7) is 1.73. The van der Waals surface area contributed by atoms with Crippen molar-refractivity contribution in [1.29, 1.82) is 0 Å². The van der Waals surface area contributed by atoms with E-state index >= 15 is 0 Å². The first kappa shape index (κ1) is 11.0. The Balaban J connectivity index is 2.48. The van der Waals surface area contributed by atoms with E-state index < -0.39 is 6.10 Å². The molecule has 0 bridgehead atoms. The molecule has 84 valence electrons. The van der Waals surface area contributed by atoms with Gasteiger partial charge in [0.25, 0.3) is 0 Å². The van der Waals surface area contributed by atoms with Crippen LogP contribution in [0.4, 0.5) is 0 Å². The van der Waals surface area contributed by atoms with Gasteiger partial charge in [-0.15, -0.1) is 0 Å². The lowest BCUT2D eigenvalue weighted by molar-refractivity contribution is 0.192. The number of H-pyrrole nitrogens is 1. The lowest BCUT2D eigenvalue weighted by Gasteiger charge is -2.07. The Kier molecular flexibility index (Phi) is 3.17. The van der Waals surface area contributed by atoms with E-state index in [9.17, 15) is 5.11 Å². The molecule has 1 aromatic carbocycles. The van der Waals surface area contributed by atoms with Crippen molar-refractivity contribution in [1.82, 2.24) is 14.8 Å². The first-order valence-corrected chi connectivity index (χ1v) is 5.49. The second-order valence-electron chi connectivity index (χ2n) is 3.67. The minimum atomic E-state index is -0.437. The molecule has 2 rings (SSSR count). The molecule has 0 saturated carbocycles. The Morgan fingerprint density at radius 2 is 2.12 bits per heavy atom. The third-order valence-corrected chi connectivity index (χ3v) is 2.51. The van der Waals surface area contributed by atoms with Crippen LogP contribution in [0.25, 0.3) is 5.69 Å². The first-order chi connectivity index (χ1) is 7.68. The van der Waals surface area contributed by atoms with Crippen LogP contribution in [0.15, 0.2) is 30.3 Å². The van der Waals surface area contributed by atoms with Gasteiger partial charge in [-0.1, -0.05) is 18.2 Å². The van der Waals surface area contributed by atoms with Crippen molar-refractivity contribution in [2.45, 2.75) is 19.4 Å². The summed E-state index contributed by atoms with van der Waals surface area (Å²) in [5, 5.41) is 16.2. The van der Waals surface area contributed by atoms with E-state index in [1.54, 1.807) is 6.92 Å². The lowest BCUT2D eigenvalue weighted by Crippen LogP contribution is -2.10. The maximum Gasteiger partial charge on any atom is 0.199 e. The zero-order chi connectivity index (χ0) is 11.5. The van der Waals surface area contributed by atoms with E-state index in [4.69, 9.17) is 12.2 Å². The van der Waals surface area contributed by atoms with E-state index in [0.29, 0.717) is 11.2 Å². The zero-order valence-corrected chi connectivity index (χ0v) is 9.74. The summed E-state index contributed by atoms with van der Waals surface area (Å²) in [6, 6.07) is 9.74. The number of para-hydroxylation sites is 1. The third-order valence-electron chi connectivity index (χ3n) is 2.23. The van der Waals surface area contributed by atoms with Gasteiger partial charge in [-0.3, -0.25) is 9.67 Å². The van der Waals surface area contributed by atoms with Gasteiger partial charge in [0.05, 0.1) is 6.10 Å². The fourth-order valence-corrected chi connectivity index (χ4v) is 1.83. The molecule has 2 aromatic rings. The van der Waals surface area contributed by atoms with Gasteiger partial charge in [0.15, 0.2) is 4.77 Å². The maximum atomic E-state index is 9.39.